The van der Waals surface area contributed by atoms with Gasteiger partial charge in [-0.1, -0.05) is 190 Å². The van der Waals surface area contributed by atoms with Crippen molar-refractivity contribution in [1.29, 1.82) is 0 Å². The highest BCUT2D eigenvalue weighted by Gasteiger charge is 2.88. The Kier molecular flexibility index (Phi) is 17.0. The average Bonchev–Trinajstić information content (AvgIpc) is 1.46. The van der Waals surface area contributed by atoms with Crippen molar-refractivity contribution >= 4 is 114 Å². The molecule has 108 heavy (non-hydrogen) atoms. The molecule has 0 N–H and O–H groups in total. The van der Waals surface area contributed by atoms with E-state index in [1.165, 1.54) is 27.7 Å². The average molecular weight is 1600 g/mol. The molecule has 20 heteroatoms. The first-order valence-electron chi connectivity index (χ1n) is 36.9. The van der Waals surface area contributed by atoms with Gasteiger partial charge in [0, 0.05) is 74.4 Å². The summed E-state index contributed by atoms with van der Waals surface area (Å²) in [6, 6.07) is 28.7. The standard InChI is InChI=1S/C88H98F12N2S6/c1-71(2,3)43-29-44(72(4,5)6)34-51(33-43)101(52-35-45(73(7,8)9)30-46(36-52)74(10,11)12)57-41-55-67(103-57)63-59-61(85(93,94)87(97,98)83(59,89)90)65-69-70(107-81(65,27)79(63,25)105-55)66-62-60(84(91,92)88(99,100)86(62,95)96)64-68-56(106-80(64,26)82(66,28)108-69)42-58(104-68)102(53-37-47(75(13,14)15)31-48(38-53)76(16,17)18)54-39-49(77(19,20)21)32-50(40-54)78(22,23)24/h29-42H,1-28H3. The molecule has 8 aliphatic rings. The second-order valence-electron chi connectivity index (χ2n) is 39.9. The minimum absolute atomic E-state index is 0.0165. The molecule has 0 amide bonds. The van der Waals surface area contributed by atoms with Crippen molar-refractivity contribution in [2.45, 2.75) is 301 Å². The van der Waals surface area contributed by atoms with Gasteiger partial charge in [-0.3, -0.25) is 0 Å². The maximum absolute atomic E-state index is 18.1. The fraction of sp³-hybridized carbons (Fsp3) is 0.523. The van der Waals surface area contributed by atoms with Crippen LogP contribution in [0.1, 0.15) is 248 Å². The molecule has 14 rings (SSSR count). The zero-order valence-corrected chi connectivity index (χ0v) is 71.9. The van der Waals surface area contributed by atoms with Crippen molar-refractivity contribution in [1.82, 2.24) is 0 Å². The first-order valence-corrected chi connectivity index (χ1v) is 41.8. The number of hydrogen-bond donors (Lipinski definition) is 0. The summed E-state index contributed by atoms with van der Waals surface area (Å²) in [6.07, 6.45) is 0. The number of alkyl halides is 12. The van der Waals surface area contributed by atoms with Crippen LogP contribution in [-0.4, -0.2) is 54.5 Å². The monoisotopic (exact) mass is 1600 g/mol. The maximum atomic E-state index is 18.1. The molecule has 4 aliphatic heterocycles. The Hall–Kier alpha value is -4.86. The zero-order chi connectivity index (χ0) is 80.5. The number of fused-ring (bicyclic) bond motifs is 14. The lowest BCUT2D eigenvalue weighted by Crippen LogP contribution is -2.51. The number of halogens is 12. The topological polar surface area (TPSA) is 6.48 Å². The van der Waals surface area contributed by atoms with Gasteiger partial charge in [-0.05, 0) is 198 Å². The van der Waals surface area contributed by atoms with Crippen LogP contribution in [0.2, 0.25) is 0 Å². The fourth-order valence-corrected chi connectivity index (χ4v) is 26.8. The van der Waals surface area contributed by atoms with Crippen LogP contribution in [0.4, 0.5) is 85.4 Å². The van der Waals surface area contributed by atoms with Crippen molar-refractivity contribution in [3.8, 4) is 0 Å². The largest absolute Gasteiger partial charge is 0.380 e. The van der Waals surface area contributed by atoms with E-state index in [0.717, 1.165) is 90.7 Å². The summed E-state index contributed by atoms with van der Waals surface area (Å²) in [4.78, 5) is 3.88. The molecule has 2 fully saturated rings. The summed E-state index contributed by atoms with van der Waals surface area (Å²) in [5.74, 6) is -34.6. The summed E-state index contributed by atoms with van der Waals surface area (Å²) in [6.45, 7) is 56.1. The van der Waals surface area contributed by atoms with Gasteiger partial charge >= 0.3 is 35.5 Å². The molecule has 0 spiro atoms. The van der Waals surface area contributed by atoms with Crippen LogP contribution in [0.5, 0.6) is 0 Å². The number of hydrogen-bond acceptors (Lipinski definition) is 8. The second-order valence-corrected chi connectivity index (χ2v) is 47.8. The Morgan fingerprint density at radius 3 is 0.620 bits per heavy atom. The Balaban J connectivity index is 1.01. The third-order valence-electron chi connectivity index (χ3n) is 23.9. The first kappa shape index (κ1) is 79.8. The normalized spacial score (nSPS) is 25.9. The second kappa shape index (κ2) is 23.0. The predicted molar refractivity (Wildman–Crippen MR) is 433 cm³/mol. The predicted octanol–water partition coefficient (Wildman–Crippen LogP) is 29.7. The van der Waals surface area contributed by atoms with Gasteiger partial charge in [0.25, 0.3) is 0 Å². The highest BCUT2D eigenvalue weighted by atomic mass is 32.2. The molecule has 4 unspecified atom stereocenters. The summed E-state index contributed by atoms with van der Waals surface area (Å²) >= 11 is 5.28. The number of benzene rings is 4. The molecule has 0 bridgehead atoms. The lowest BCUT2D eigenvalue weighted by atomic mass is 9.70. The van der Waals surface area contributed by atoms with E-state index in [0.29, 0.717) is 66.1 Å². The Bertz CT molecular complexity index is 4520. The van der Waals surface area contributed by atoms with Crippen LogP contribution >= 0.6 is 69.7 Å². The highest BCUT2D eigenvalue weighted by Crippen LogP contribution is 2.86. The van der Waals surface area contributed by atoms with Crippen LogP contribution in [-0.2, 0) is 43.3 Å². The molecule has 6 aromatic rings. The van der Waals surface area contributed by atoms with E-state index in [-0.39, 0.29) is 9.75 Å². The first-order chi connectivity index (χ1) is 48.6. The number of nitrogens with zero attached hydrogens (tertiary/aromatic N) is 2. The third-order valence-corrected chi connectivity index (χ3v) is 33.2. The van der Waals surface area contributed by atoms with Gasteiger partial charge in [0.2, 0.25) is 0 Å². The number of rotatable bonds is 6. The van der Waals surface area contributed by atoms with E-state index in [2.05, 4.69) is 239 Å². The lowest BCUT2D eigenvalue weighted by molar-refractivity contribution is -0.258. The summed E-state index contributed by atoms with van der Waals surface area (Å²) in [5, 5.41) is 0.900. The third kappa shape index (κ3) is 10.9. The van der Waals surface area contributed by atoms with Crippen LogP contribution in [0, 0.1) is 0 Å². The Labute approximate surface area is 655 Å². The molecular weight excluding hydrogens is 1510 g/mol. The molecule has 2 saturated carbocycles. The van der Waals surface area contributed by atoms with Gasteiger partial charge in [0.05, 0.1) is 19.0 Å². The summed E-state index contributed by atoms with van der Waals surface area (Å²) in [7, 11) is 0. The van der Waals surface area contributed by atoms with Gasteiger partial charge < -0.3 is 9.80 Å². The van der Waals surface area contributed by atoms with Crippen molar-refractivity contribution in [3.05, 3.63) is 182 Å². The molecular formula is C88H98F12N2S6. The Morgan fingerprint density at radius 1 is 0.241 bits per heavy atom. The quantitative estimate of drug-likeness (QED) is 0.152. The molecule has 2 nitrogen and oxygen atoms in total. The van der Waals surface area contributed by atoms with E-state index in [1.54, 1.807) is 12.1 Å². The number of thioether (sulfide) groups is 4. The summed E-state index contributed by atoms with van der Waals surface area (Å²) in [5.41, 5.74) is -1.56. The van der Waals surface area contributed by atoms with Crippen molar-refractivity contribution in [3.63, 3.8) is 0 Å². The lowest BCUT2D eigenvalue weighted by Gasteiger charge is -2.51. The zero-order valence-electron chi connectivity index (χ0n) is 67.0. The van der Waals surface area contributed by atoms with Gasteiger partial charge in [-0.2, -0.15) is 52.7 Å². The molecule has 0 radical (unpaired) electrons. The molecule has 4 aliphatic carbocycles. The van der Waals surface area contributed by atoms with Crippen LogP contribution in [0.25, 0.3) is 11.1 Å². The van der Waals surface area contributed by atoms with Crippen LogP contribution in [0.3, 0.4) is 0 Å². The smallest absolute Gasteiger partial charge is 0.302 e. The molecule has 4 aromatic carbocycles. The fourth-order valence-electron chi connectivity index (χ4n) is 16.5. The van der Waals surface area contributed by atoms with Gasteiger partial charge in [-0.25, -0.2) is 0 Å². The minimum atomic E-state index is -6.08. The Morgan fingerprint density at radius 2 is 0.426 bits per heavy atom. The van der Waals surface area contributed by atoms with Crippen LogP contribution in [0.15, 0.2) is 138 Å². The molecule has 580 valence electrons. The van der Waals surface area contributed by atoms with Crippen molar-refractivity contribution in [2.75, 3.05) is 9.80 Å². The highest BCUT2D eigenvalue weighted by molar-refractivity contribution is 8.13. The summed E-state index contributed by atoms with van der Waals surface area (Å²) < 4.78 is 205. The number of anilines is 6. The SMILES string of the molecule is CC(C)(C)c1cc(N(c2cc(C(C)(C)C)cc(C(C)(C)C)c2)c2cc3c(s2)C2=C4C(=C5C6=C(SC5(C)C2(C)S3)C2=C3C(=C5c7sc(N(c8cc(C(C)(C)C)cc(C(C)(C)C)c8)c8cc(C(C)(C)C)cc(C(C)(C)C)c8)cc7SC5(C)C2(C)S6)C(F)(F)C(F)(F)C3(F)F)C(F)(F)C(F)(F)C4(F)F)cc(C(C)(C)C)c1. The van der Waals surface area contributed by atoms with E-state index < -0.39 is 152 Å². The van der Waals surface area contributed by atoms with E-state index in [4.69, 9.17) is 0 Å². The van der Waals surface area contributed by atoms with Crippen LogP contribution < -0.4 is 9.80 Å². The van der Waals surface area contributed by atoms with Crippen molar-refractivity contribution in [2.24, 2.45) is 0 Å². The van der Waals surface area contributed by atoms with Gasteiger partial charge in [-0.15, -0.1) is 69.7 Å². The van der Waals surface area contributed by atoms with Gasteiger partial charge in [0.15, 0.2) is 0 Å². The number of allylic oxidation sites excluding steroid dienone is 6. The molecule has 6 heterocycles. The molecule has 4 atom stereocenters. The minimum Gasteiger partial charge on any atom is -0.302 e. The molecule has 2 aromatic heterocycles. The number of thiophene rings is 2. The van der Waals surface area contributed by atoms with E-state index in [9.17, 15) is 0 Å². The van der Waals surface area contributed by atoms with E-state index >= 15 is 52.7 Å². The van der Waals surface area contributed by atoms with Crippen molar-refractivity contribution < 1.29 is 52.7 Å². The van der Waals surface area contributed by atoms with Gasteiger partial charge in [0.1, 0.15) is 10.0 Å². The van der Waals surface area contributed by atoms with E-state index in [1.807, 2.05) is 9.80 Å². The molecule has 0 saturated heterocycles. The maximum Gasteiger partial charge on any atom is 0.380 e.